The number of rotatable bonds is 3. The number of halogens is 1. The summed E-state index contributed by atoms with van der Waals surface area (Å²) >= 11 is 0. The molecule has 3 heteroatoms. The van der Waals surface area contributed by atoms with Crippen molar-refractivity contribution < 1.29 is 8.81 Å². The van der Waals surface area contributed by atoms with Crippen molar-refractivity contribution >= 4 is 11.6 Å². The van der Waals surface area contributed by atoms with E-state index in [-0.39, 0.29) is 5.57 Å². The number of hydrogen-bond acceptors (Lipinski definition) is 2. The molecule has 0 fully saturated rings. The van der Waals surface area contributed by atoms with Gasteiger partial charge in [0, 0.05) is 5.56 Å². The average Bonchev–Trinajstić information content (AvgIpc) is 2.89. The van der Waals surface area contributed by atoms with E-state index in [2.05, 4.69) is 0 Å². The largest absolute Gasteiger partial charge is 0.465 e. The molecule has 1 heterocycles. The zero-order valence-corrected chi connectivity index (χ0v) is 9.51. The van der Waals surface area contributed by atoms with Crippen LogP contribution in [0.4, 0.5) is 4.39 Å². The summed E-state index contributed by atoms with van der Waals surface area (Å²) in [6.07, 6.45) is 6.48. The lowest BCUT2D eigenvalue weighted by Gasteiger charge is -1.98. The van der Waals surface area contributed by atoms with Crippen LogP contribution >= 0.6 is 0 Å². The molecule has 1 aromatic carbocycles. The van der Waals surface area contributed by atoms with Crippen molar-refractivity contribution in [3.05, 3.63) is 72.0 Å². The van der Waals surface area contributed by atoms with Crippen LogP contribution in [0.5, 0.6) is 0 Å². The standard InChI is InChI=1S/C15H10FNO/c16-15-9-2-1-8-14(15)12(11-17)5-3-6-13-7-4-10-18-13/h1-10H. The van der Waals surface area contributed by atoms with Crippen molar-refractivity contribution in [2.24, 2.45) is 0 Å². The van der Waals surface area contributed by atoms with Crippen LogP contribution < -0.4 is 0 Å². The van der Waals surface area contributed by atoms with E-state index in [1.165, 1.54) is 6.07 Å². The molecule has 0 radical (unpaired) electrons. The van der Waals surface area contributed by atoms with Crippen LogP contribution in [0.3, 0.4) is 0 Å². The number of nitrogens with zero attached hydrogens (tertiary/aromatic N) is 1. The molecule has 0 aliphatic heterocycles. The summed E-state index contributed by atoms with van der Waals surface area (Å²) in [5.41, 5.74) is 0.569. The van der Waals surface area contributed by atoms with Crippen LogP contribution in [0.25, 0.3) is 11.6 Å². The quantitative estimate of drug-likeness (QED) is 0.598. The fraction of sp³-hybridized carbons (Fsp3) is 0. The Hall–Kier alpha value is -2.60. The molecule has 2 nitrogen and oxygen atoms in total. The average molecular weight is 239 g/mol. The van der Waals surface area contributed by atoms with Gasteiger partial charge in [-0.3, -0.25) is 0 Å². The van der Waals surface area contributed by atoms with Crippen molar-refractivity contribution in [1.82, 2.24) is 0 Å². The fourth-order valence-corrected chi connectivity index (χ4v) is 1.49. The molecule has 0 saturated heterocycles. The van der Waals surface area contributed by atoms with Crippen molar-refractivity contribution in [2.45, 2.75) is 0 Å². The molecule has 2 rings (SSSR count). The molecule has 1 aromatic heterocycles. The second kappa shape index (κ2) is 5.65. The molecular formula is C15H10FNO. The van der Waals surface area contributed by atoms with Crippen LogP contribution in [0, 0.1) is 17.1 Å². The van der Waals surface area contributed by atoms with Crippen LogP contribution in [-0.4, -0.2) is 0 Å². The Morgan fingerprint density at radius 3 is 2.72 bits per heavy atom. The molecular weight excluding hydrogens is 229 g/mol. The molecule has 0 saturated carbocycles. The highest BCUT2D eigenvalue weighted by Gasteiger charge is 2.04. The minimum absolute atomic E-state index is 0.274. The summed E-state index contributed by atoms with van der Waals surface area (Å²) in [5, 5.41) is 9.02. The predicted octanol–water partition coefficient (Wildman–Crippen LogP) is 4.04. The van der Waals surface area contributed by atoms with Crippen molar-refractivity contribution in [3.8, 4) is 6.07 Å². The monoisotopic (exact) mass is 239 g/mol. The Morgan fingerprint density at radius 1 is 1.22 bits per heavy atom. The summed E-state index contributed by atoms with van der Waals surface area (Å²) in [6.45, 7) is 0. The first kappa shape index (κ1) is 11.9. The SMILES string of the molecule is N#CC(=CC=Cc1ccco1)c1ccccc1F. The van der Waals surface area contributed by atoms with Crippen LogP contribution in [0.1, 0.15) is 11.3 Å². The third-order valence-electron chi connectivity index (χ3n) is 2.35. The zero-order chi connectivity index (χ0) is 12.8. The van der Waals surface area contributed by atoms with E-state index in [9.17, 15) is 4.39 Å². The van der Waals surface area contributed by atoms with Crippen molar-refractivity contribution in [2.75, 3.05) is 0 Å². The summed E-state index contributed by atoms with van der Waals surface area (Å²) in [7, 11) is 0. The molecule has 0 aliphatic rings. The van der Waals surface area contributed by atoms with Gasteiger partial charge in [0.15, 0.2) is 0 Å². The molecule has 2 aromatic rings. The fourth-order valence-electron chi connectivity index (χ4n) is 1.49. The van der Waals surface area contributed by atoms with E-state index in [0.29, 0.717) is 11.3 Å². The maximum Gasteiger partial charge on any atom is 0.131 e. The number of allylic oxidation sites excluding steroid dienone is 3. The van der Waals surface area contributed by atoms with Crippen molar-refractivity contribution in [1.29, 1.82) is 5.26 Å². The van der Waals surface area contributed by atoms with Gasteiger partial charge >= 0.3 is 0 Å². The highest BCUT2D eigenvalue weighted by Crippen LogP contribution is 2.17. The summed E-state index contributed by atoms with van der Waals surface area (Å²) in [5.74, 6) is 0.272. The van der Waals surface area contributed by atoms with Gasteiger partial charge in [-0.1, -0.05) is 24.3 Å². The Bertz CT molecular complexity index is 618. The third-order valence-corrected chi connectivity index (χ3v) is 2.35. The maximum absolute atomic E-state index is 13.5. The van der Waals surface area contributed by atoms with Gasteiger partial charge in [-0.2, -0.15) is 5.26 Å². The van der Waals surface area contributed by atoms with Crippen LogP contribution in [0.15, 0.2) is 59.2 Å². The van der Waals surface area contributed by atoms with E-state index in [4.69, 9.17) is 9.68 Å². The Labute approximate surface area is 104 Å². The van der Waals surface area contributed by atoms with E-state index in [0.717, 1.165) is 0 Å². The molecule has 0 bridgehead atoms. The Kier molecular flexibility index (Phi) is 3.72. The molecule has 0 unspecified atom stereocenters. The van der Waals surface area contributed by atoms with E-state index >= 15 is 0 Å². The zero-order valence-electron chi connectivity index (χ0n) is 9.51. The highest BCUT2D eigenvalue weighted by molar-refractivity contribution is 5.78. The van der Waals surface area contributed by atoms with E-state index in [1.54, 1.807) is 54.8 Å². The molecule has 0 aliphatic carbocycles. The van der Waals surface area contributed by atoms with E-state index in [1.807, 2.05) is 6.07 Å². The second-order valence-corrected chi connectivity index (χ2v) is 3.55. The highest BCUT2D eigenvalue weighted by atomic mass is 19.1. The minimum Gasteiger partial charge on any atom is -0.465 e. The maximum atomic E-state index is 13.5. The van der Waals surface area contributed by atoms with Crippen LogP contribution in [0.2, 0.25) is 0 Å². The lowest BCUT2D eigenvalue weighted by molar-refractivity contribution is 0.557. The molecule has 0 N–H and O–H groups in total. The normalized spacial score (nSPS) is 11.7. The third kappa shape index (κ3) is 2.74. The van der Waals surface area contributed by atoms with Gasteiger partial charge in [0.2, 0.25) is 0 Å². The molecule has 18 heavy (non-hydrogen) atoms. The topological polar surface area (TPSA) is 36.9 Å². The molecule has 0 amide bonds. The van der Waals surface area contributed by atoms with Crippen molar-refractivity contribution in [3.63, 3.8) is 0 Å². The van der Waals surface area contributed by atoms with Gasteiger partial charge in [0.25, 0.3) is 0 Å². The number of furan rings is 1. The van der Waals surface area contributed by atoms with Gasteiger partial charge in [-0.25, -0.2) is 4.39 Å². The van der Waals surface area contributed by atoms with Gasteiger partial charge in [-0.15, -0.1) is 0 Å². The lowest BCUT2D eigenvalue weighted by atomic mass is 10.1. The minimum atomic E-state index is -0.406. The van der Waals surface area contributed by atoms with Crippen LogP contribution in [-0.2, 0) is 0 Å². The molecule has 0 atom stereocenters. The first-order chi connectivity index (χ1) is 8.81. The van der Waals surface area contributed by atoms with Gasteiger partial charge in [-0.05, 0) is 30.4 Å². The molecule has 88 valence electrons. The first-order valence-electron chi connectivity index (χ1n) is 5.38. The Morgan fingerprint density at radius 2 is 2.06 bits per heavy atom. The lowest BCUT2D eigenvalue weighted by Crippen LogP contribution is -1.86. The first-order valence-corrected chi connectivity index (χ1v) is 5.38. The predicted molar refractivity (Wildman–Crippen MR) is 67.7 cm³/mol. The van der Waals surface area contributed by atoms with Gasteiger partial charge in [0.05, 0.1) is 17.9 Å². The number of benzene rings is 1. The summed E-state index contributed by atoms with van der Waals surface area (Å²) in [4.78, 5) is 0. The Balaban J connectivity index is 2.25. The second-order valence-electron chi connectivity index (χ2n) is 3.55. The molecule has 0 spiro atoms. The summed E-state index contributed by atoms with van der Waals surface area (Å²) < 4.78 is 18.6. The van der Waals surface area contributed by atoms with E-state index < -0.39 is 5.82 Å². The van der Waals surface area contributed by atoms with Gasteiger partial charge < -0.3 is 4.42 Å². The number of hydrogen-bond donors (Lipinski definition) is 0. The smallest absolute Gasteiger partial charge is 0.131 e. The summed E-state index contributed by atoms with van der Waals surface area (Å²) in [6, 6.07) is 11.7. The number of nitriles is 1. The van der Waals surface area contributed by atoms with Gasteiger partial charge in [0.1, 0.15) is 11.6 Å².